The number of nitrogens with zero attached hydrogens (tertiary/aromatic N) is 1. The highest BCUT2D eigenvalue weighted by Crippen LogP contribution is 2.33. The van der Waals surface area contributed by atoms with E-state index < -0.39 is 46.0 Å². The predicted molar refractivity (Wildman–Crippen MR) is 159 cm³/mol. The summed E-state index contributed by atoms with van der Waals surface area (Å²) in [6.07, 6.45) is 0.209. The van der Waals surface area contributed by atoms with Crippen molar-refractivity contribution in [2.24, 2.45) is 5.92 Å². The molecule has 12 heteroatoms. The molecule has 1 aliphatic carbocycles. The molecule has 0 spiro atoms. The zero-order valence-electron chi connectivity index (χ0n) is 24.4. The number of hydrogen-bond acceptors (Lipinski definition) is 6. The van der Waals surface area contributed by atoms with Crippen LogP contribution in [-0.2, 0) is 20.8 Å². The van der Waals surface area contributed by atoms with Crippen molar-refractivity contribution in [1.29, 1.82) is 0 Å². The standard InChI is InChI=1S/C30H40F3N3O4S2/c1-5-15-36(20(2)3)24-9-14-27(22(17-24)19-42(39,40)26-12-10-25(41-4)11-13-26)35-28(37)18-34-29(38)21-7-6-8-23(16-21)30(31,32)33/h6-8,10-13,16,20,22,24,27H,5,9,14-15,17-19H2,1-4H3,(H,34,38)(H,35,37)/t22-,24+,27+/m1/s1. The molecule has 2 amide bonds. The molecule has 2 aromatic rings. The minimum absolute atomic E-state index is 0.137. The van der Waals surface area contributed by atoms with Gasteiger partial charge in [0.25, 0.3) is 5.91 Å². The number of sulfone groups is 1. The second-order valence-corrected chi connectivity index (χ2v) is 13.9. The van der Waals surface area contributed by atoms with Gasteiger partial charge in [0, 0.05) is 28.6 Å². The van der Waals surface area contributed by atoms with E-state index in [-0.39, 0.29) is 34.2 Å². The van der Waals surface area contributed by atoms with Gasteiger partial charge in [0.05, 0.1) is 22.8 Å². The van der Waals surface area contributed by atoms with Crippen LogP contribution in [0.25, 0.3) is 0 Å². The van der Waals surface area contributed by atoms with Crippen LogP contribution in [-0.4, -0.2) is 68.4 Å². The smallest absolute Gasteiger partial charge is 0.352 e. The molecule has 2 aromatic carbocycles. The molecule has 42 heavy (non-hydrogen) atoms. The highest BCUT2D eigenvalue weighted by molar-refractivity contribution is 7.98. The largest absolute Gasteiger partial charge is 0.416 e. The molecule has 3 rings (SSSR count). The molecule has 0 unspecified atom stereocenters. The lowest BCUT2D eigenvalue weighted by atomic mass is 9.81. The number of thioether (sulfide) groups is 1. The van der Waals surface area contributed by atoms with Crippen LogP contribution in [0.1, 0.15) is 62.4 Å². The number of benzene rings is 2. The number of rotatable bonds is 12. The quantitative estimate of drug-likeness (QED) is 0.306. The summed E-state index contributed by atoms with van der Waals surface area (Å²) in [5.41, 5.74) is -1.17. The van der Waals surface area contributed by atoms with Crippen LogP contribution < -0.4 is 10.6 Å². The molecule has 0 aliphatic heterocycles. The molecule has 1 saturated carbocycles. The first kappa shape index (κ1) is 33.9. The Morgan fingerprint density at radius 1 is 1.10 bits per heavy atom. The van der Waals surface area contributed by atoms with Crippen molar-refractivity contribution in [3.05, 3.63) is 59.7 Å². The zero-order valence-corrected chi connectivity index (χ0v) is 26.0. The highest BCUT2D eigenvalue weighted by Gasteiger charge is 2.37. The van der Waals surface area contributed by atoms with Crippen molar-refractivity contribution in [2.75, 3.05) is 25.1 Å². The van der Waals surface area contributed by atoms with Gasteiger partial charge in [-0.1, -0.05) is 13.0 Å². The van der Waals surface area contributed by atoms with E-state index in [1.165, 1.54) is 17.8 Å². The van der Waals surface area contributed by atoms with Crippen LogP contribution >= 0.6 is 11.8 Å². The van der Waals surface area contributed by atoms with E-state index in [0.29, 0.717) is 12.8 Å². The van der Waals surface area contributed by atoms with E-state index in [0.717, 1.165) is 42.5 Å². The van der Waals surface area contributed by atoms with Gasteiger partial charge in [-0.05, 0) is 101 Å². The maximum Gasteiger partial charge on any atom is 0.416 e. The van der Waals surface area contributed by atoms with E-state index in [1.54, 1.807) is 24.3 Å². The Morgan fingerprint density at radius 3 is 2.38 bits per heavy atom. The van der Waals surface area contributed by atoms with Crippen LogP contribution in [0.5, 0.6) is 0 Å². The molecule has 7 nitrogen and oxygen atoms in total. The molecular formula is C30H40F3N3O4S2. The highest BCUT2D eigenvalue weighted by atomic mass is 32.2. The summed E-state index contributed by atoms with van der Waals surface area (Å²) in [5, 5.41) is 5.28. The molecule has 2 N–H and O–H groups in total. The van der Waals surface area contributed by atoms with Crippen LogP contribution in [0.3, 0.4) is 0 Å². The third kappa shape index (κ3) is 9.21. The summed E-state index contributed by atoms with van der Waals surface area (Å²) in [7, 11) is -3.65. The first-order valence-corrected chi connectivity index (χ1v) is 17.0. The van der Waals surface area contributed by atoms with E-state index in [2.05, 4.69) is 36.3 Å². The molecule has 0 bridgehead atoms. The third-order valence-corrected chi connectivity index (χ3v) is 10.2. The summed E-state index contributed by atoms with van der Waals surface area (Å²) in [5.74, 6) is -1.84. The van der Waals surface area contributed by atoms with E-state index >= 15 is 0 Å². The Labute approximate surface area is 250 Å². The molecule has 0 aromatic heterocycles. The second-order valence-electron chi connectivity index (χ2n) is 11.0. The lowest BCUT2D eigenvalue weighted by molar-refractivity contribution is -0.137. The fourth-order valence-electron chi connectivity index (χ4n) is 5.55. The maximum atomic E-state index is 13.5. The van der Waals surface area contributed by atoms with Crippen molar-refractivity contribution in [1.82, 2.24) is 15.5 Å². The SMILES string of the molecule is CCCN(C(C)C)[C@H]1CC[C@H](NC(=O)CNC(=O)c2cccc(C(F)(F)F)c2)[C@@H](CS(=O)(=O)c2ccc(SC)cc2)C1. The number of amides is 2. The van der Waals surface area contributed by atoms with Gasteiger partial charge in [-0.3, -0.25) is 14.5 Å². The summed E-state index contributed by atoms with van der Waals surface area (Å²) < 4.78 is 66.0. The number of hydrogen-bond donors (Lipinski definition) is 2. The van der Waals surface area contributed by atoms with Gasteiger partial charge in [-0.2, -0.15) is 13.2 Å². The fourth-order valence-corrected chi connectivity index (χ4v) is 7.64. The van der Waals surface area contributed by atoms with Gasteiger partial charge in [0.1, 0.15) is 0 Å². The number of alkyl halides is 3. The van der Waals surface area contributed by atoms with E-state index in [1.807, 2.05) is 6.26 Å². The maximum absolute atomic E-state index is 13.5. The van der Waals surface area contributed by atoms with Gasteiger partial charge < -0.3 is 10.6 Å². The molecule has 0 heterocycles. The molecule has 0 radical (unpaired) electrons. The van der Waals surface area contributed by atoms with Gasteiger partial charge in [0.2, 0.25) is 5.91 Å². The van der Waals surface area contributed by atoms with Crippen molar-refractivity contribution in [2.45, 2.75) is 80.5 Å². The third-order valence-electron chi connectivity index (χ3n) is 7.63. The Morgan fingerprint density at radius 2 is 1.79 bits per heavy atom. The summed E-state index contributed by atoms with van der Waals surface area (Å²) >= 11 is 1.52. The molecule has 1 aliphatic rings. The number of nitrogens with one attached hydrogen (secondary N) is 2. The average Bonchev–Trinajstić information content (AvgIpc) is 2.95. The molecule has 0 saturated heterocycles. The monoisotopic (exact) mass is 627 g/mol. The fraction of sp³-hybridized carbons (Fsp3) is 0.533. The topological polar surface area (TPSA) is 95.6 Å². The minimum Gasteiger partial charge on any atom is -0.352 e. The van der Waals surface area contributed by atoms with Crippen molar-refractivity contribution < 1.29 is 31.2 Å². The van der Waals surface area contributed by atoms with Crippen molar-refractivity contribution >= 4 is 33.4 Å². The Bertz CT molecular complexity index is 1320. The van der Waals surface area contributed by atoms with Gasteiger partial charge in [0.15, 0.2) is 9.84 Å². The van der Waals surface area contributed by atoms with Gasteiger partial charge in [-0.25, -0.2) is 8.42 Å². The van der Waals surface area contributed by atoms with E-state index in [4.69, 9.17) is 0 Å². The van der Waals surface area contributed by atoms with E-state index in [9.17, 15) is 31.2 Å². The minimum atomic E-state index is -4.60. The molecule has 1 fully saturated rings. The Balaban J connectivity index is 1.73. The molecule has 232 valence electrons. The van der Waals surface area contributed by atoms with Gasteiger partial charge in [-0.15, -0.1) is 11.8 Å². The summed E-state index contributed by atoms with van der Waals surface area (Å²) in [6, 6.07) is 10.7. The lowest BCUT2D eigenvalue weighted by Crippen LogP contribution is -2.53. The zero-order chi connectivity index (χ0) is 31.1. The second kappa shape index (κ2) is 14.7. The predicted octanol–water partition coefficient (Wildman–Crippen LogP) is 5.40. The molecular weight excluding hydrogens is 587 g/mol. The first-order valence-electron chi connectivity index (χ1n) is 14.1. The first-order chi connectivity index (χ1) is 19.7. The van der Waals surface area contributed by atoms with Crippen LogP contribution in [0.2, 0.25) is 0 Å². The van der Waals surface area contributed by atoms with Gasteiger partial charge >= 0.3 is 6.18 Å². The number of halogens is 3. The normalized spacial score (nSPS) is 19.6. The van der Waals surface area contributed by atoms with Crippen molar-refractivity contribution in [3.63, 3.8) is 0 Å². The van der Waals surface area contributed by atoms with Crippen LogP contribution in [0.4, 0.5) is 13.2 Å². The Kier molecular flexibility index (Phi) is 11.9. The van der Waals surface area contributed by atoms with Crippen molar-refractivity contribution in [3.8, 4) is 0 Å². The summed E-state index contributed by atoms with van der Waals surface area (Å²) in [4.78, 5) is 28.9. The summed E-state index contributed by atoms with van der Waals surface area (Å²) in [6.45, 7) is 6.79. The Hall–Kier alpha value is -2.57. The van der Waals surface area contributed by atoms with Crippen LogP contribution in [0, 0.1) is 5.92 Å². The lowest BCUT2D eigenvalue weighted by Gasteiger charge is -2.43. The number of carbonyl (C=O) groups excluding carboxylic acids is 2. The molecule has 3 atom stereocenters. The average molecular weight is 628 g/mol. The number of carbonyl (C=O) groups is 2. The van der Waals surface area contributed by atoms with Crippen LogP contribution in [0.15, 0.2) is 58.3 Å².